The van der Waals surface area contributed by atoms with Crippen LogP contribution in [0, 0.1) is 5.92 Å². The average Bonchev–Trinajstić information content (AvgIpc) is 2.60. The first-order chi connectivity index (χ1) is 11.6. The van der Waals surface area contributed by atoms with E-state index in [9.17, 15) is 8.42 Å². The van der Waals surface area contributed by atoms with Crippen LogP contribution in [0.3, 0.4) is 0 Å². The Morgan fingerprint density at radius 2 is 1.92 bits per heavy atom. The second-order valence-electron chi connectivity index (χ2n) is 7.47. The van der Waals surface area contributed by atoms with Gasteiger partial charge in [0, 0.05) is 26.7 Å². The van der Waals surface area contributed by atoms with Gasteiger partial charge in [-0.3, -0.25) is 4.99 Å². The number of halogens is 1. The predicted octanol–water partition coefficient (Wildman–Crippen LogP) is 2.76. The molecule has 3 fully saturated rings. The number of nitrogens with one attached hydrogen (secondary N) is 1. The fraction of sp³-hybridized carbons (Fsp3) is 0.941. The van der Waals surface area contributed by atoms with Gasteiger partial charge in [-0.25, -0.2) is 8.42 Å². The average molecular weight is 502 g/mol. The standard InChI is InChI=1S/C17H31N3O2S2.HI/c1-18-16(19-13-15-5-10-23-11-6-15)20-9-12-24(21,22)17(14-20)7-3-2-4-8-17;/h15H,2-14H2,1H3,(H,18,19);1H. The van der Waals surface area contributed by atoms with Crippen molar-refractivity contribution in [1.82, 2.24) is 10.2 Å². The van der Waals surface area contributed by atoms with E-state index in [1.165, 1.54) is 30.8 Å². The molecule has 8 heteroatoms. The third-order valence-electron chi connectivity index (χ3n) is 5.93. The molecule has 1 N–H and O–H groups in total. The van der Waals surface area contributed by atoms with E-state index < -0.39 is 14.6 Å². The Hall–Kier alpha value is 0.300. The topological polar surface area (TPSA) is 61.8 Å². The molecule has 0 aromatic heterocycles. The molecule has 2 aliphatic heterocycles. The molecule has 0 radical (unpaired) electrons. The van der Waals surface area contributed by atoms with Crippen molar-refractivity contribution in [3.05, 3.63) is 0 Å². The van der Waals surface area contributed by atoms with Crippen LogP contribution in [0.5, 0.6) is 0 Å². The van der Waals surface area contributed by atoms with Crippen LogP contribution in [0.4, 0.5) is 0 Å². The van der Waals surface area contributed by atoms with Gasteiger partial charge in [0.25, 0.3) is 0 Å². The molecule has 0 amide bonds. The van der Waals surface area contributed by atoms with Crippen LogP contribution in [-0.2, 0) is 9.84 Å². The van der Waals surface area contributed by atoms with E-state index in [0.717, 1.165) is 44.1 Å². The summed E-state index contributed by atoms with van der Waals surface area (Å²) in [6, 6.07) is 0. The number of hydrogen-bond donors (Lipinski definition) is 1. The molecule has 2 saturated heterocycles. The van der Waals surface area contributed by atoms with Crippen molar-refractivity contribution >= 4 is 51.5 Å². The molecule has 1 aliphatic carbocycles. The largest absolute Gasteiger partial charge is 0.356 e. The number of aliphatic imine (C=N–C) groups is 1. The Morgan fingerprint density at radius 3 is 2.56 bits per heavy atom. The first-order valence-corrected chi connectivity index (χ1v) is 12.1. The van der Waals surface area contributed by atoms with Gasteiger partial charge in [-0.1, -0.05) is 19.3 Å². The molecule has 0 unspecified atom stereocenters. The lowest BCUT2D eigenvalue weighted by molar-refractivity contribution is 0.272. The Kier molecular flexibility index (Phi) is 8.19. The summed E-state index contributed by atoms with van der Waals surface area (Å²) in [4.78, 5) is 6.65. The second-order valence-corrected chi connectivity index (χ2v) is 11.2. The highest BCUT2D eigenvalue weighted by atomic mass is 127. The lowest BCUT2D eigenvalue weighted by Crippen LogP contribution is -2.60. The van der Waals surface area contributed by atoms with Crippen molar-refractivity contribution in [1.29, 1.82) is 0 Å². The summed E-state index contributed by atoms with van der Waals surface area (Å²) in [5.74, 6) is 4.41. The van der Waals surface area contributed by atoms with E-state index in [4.69, 9.17) is 0 Å². The number of sulfone groups is 1. The van der Waals surface area contributed by atoms with E-state index in [2.05, 4.69) is 15.2 Å². The van der Waals surface area contributed by atoms with Crippen LogP contribution in [-0.4, -0.2) is 68.0 Å². The van der Waals surface area contributed by atoms with Gasteiger partial charge in [-0.15, -0.1) is 24.0 Å². The Morgan fingerprint density at radius 1 is 1.24 bits per heavy atom. The molecule has 0 bridgehead atoms. The van der Waals surface area contributed by atoms with Gasteiger partial charge in [0.05, 0.1) is 10.5 Å². The molecule has 0 aromatic rings. The van der Waals surface area contributed by atoms with Crippen LogP contribution < -0.4 is 5.32 Å². The van der Waals surface area contributed by atoms with Crippen molar-refractivity contribution < 1.29 is 8.42 Å². The van der Waals surface area contributed by atoms with Gasteiger partial charge >= 0.3 is 0 Å². The van der Waals surface area contributed by atoms with E-state index in [1.807, 2.05) is 18.8 Å². The monoisotopic (exact) mass is 501 g/mol. The van der Waals surface area contributed by atoms with Crippen LogP contribution in [0.2, 0.25) is 0 Å². The summed E-state index contributed by atoms with van der Waals surface area (Å²) in [6.45, 7) is 2.16. The van der Waals surface area contributed by atoms with Crippen molar-refractivity contribution in [3.8, 4) is 0 Å². The lowest BCUT2D eigenvalue weighted by atomic mass is 9.87. The molecule has 146 valence electrons. The van der Waals surface area contributed by atoms with Crippen LogP contribution in [0.1, 0.15) is 44.9 Å². The van der Waals surface area contributed by atoms with Gasteiger partial charge in [0.1, 0.15) is 0 Å². The van der Waals surface area contributed by atoms with Gasteiger partial charge in [0.2, 0.25) is 0 Å². The predicted molar refractivity (Wildman–Crippen MR) is 118 cm³/mol. The number of nitrogens with zero attached hydrogens (tertiary/aromatic N) is 2. The van der Waals surface area contributed by atoms with Gasteiger partial charge in [-0.05, 0) is 43.1 Å². The quantitative estimate of drug-likeness (QED) is 0.358. The second kappa shape index (κ2) is 9.48. The van der Waals surface area contributed by atoms with Crippen molar-refractivity contribution in [2.24, 2.45) is 10.9 Å². The Labute approximate surface area is 174 Å². The highest BCUT2D eigenvalue weighted by Gasteiger charge is 2.48. The minimum atomic E-state index is -2.98. The van der Waals surface area contributed by atoms with E-state index in [0.29, 0.717) is 13.1 Å². The number of guanidine groups is 1. The fourth-order valence-electron chi connectivity index (χ4n) is 4.34. The minimum Gasteiger partial charge on any atom is -0.356 e. The molecule has 0 atom stereocenters. The highest BCUT2D eigenvalue weighted by molar-refractivity contribution is 14.0. The van der Waals surface area contributed by atoms with Gasteiger partial charge in [0.15, 0.2) is 15.8 Å². The zero-order valence-corrected chi connectivity index (χ0v) is 19.2. The molecule has 1 saturated carbocycles. The van der Waals surface area contributed by atoms with Crippen LogP contribution in [0.25, 0.3) is 0 Å². The van der Waals surface area contributed by atoms with Crippen LogP contribution in [0.15, 0.2) is 4.99 Å². The normalized spacial score (nSPS) is 26.9. The molecule has 2 heterocycles. The first-order valence-electron chi connectivity index (χ1n) is 9.32. The van der Waals surface area contributed by atoms with Crippen LogP contribution >= 0.6 is 35.7 Å². The van der Waals surface area contributed by atoms with Gasteiger partial charge < -0.3 is 10.2 Å². The molecule has 1 spiro atoms. The summed E-state index contributed by atoms with van der Waals surface area (Å²) >= 11 is 2.05. The lowest BCUT2D eigenvalue weighted by Gasteiger charge is -2.45. The first kappa shape index (κ1) is 21.6. The summed E-state index contributed by atoms with van der Waals surface area (Å²) in [7, 11) is -1.17. The molecule has 25 heavy (non-hydrogen) atoms. The Bertz CT molecular complexity index is 556. The molecular weight excluding hydrogens is 469 g/mol. The zero-order chi connectivity index (χ0) is 17.0. The molecular formula is C17H32IN3O2S2. The van der Waals surface area contributed by atoms with Gasteiger partial charge in [-0.2, -0.15) is 11.8 Å². The third-order valence-corrected chi connectivity index (χ3v) is 9.56. The zero-order valence-electron chi connectivity index (χ0n) is 15.2. The number of rotatable bonds is 2. The van der Waals surface area contributed by atoms with Crippen molar-refractivity contribution in [3.63, 3.8) is 0 Å². The molecule has 0 aromatic carbocycles. The number of hydrogen-bond acceptors (Lipinski definition) is 4. The summed E-state index contributed by atoms with van der Waals surface area (Å²) in [5, 5.41) is 3.53. The van der Waals surface area contributed by atoms with E-state index in [-0.39, 0.29) is 29.7 Å². The smallest absolute Gasteiger partial charge is 0.193 e. The SMILES string of the molecule is CN=C(NCC1CCSCC1)N1CCS(=O)(=O)C2(CCCCC2)C1.I. The third kappa shape index (κ3) is 4.97. The summed E-state index contributed by atoms with van der Waals surface area (Å²) in [6.07, 6.45) is 7.44. The van der Waals surface area contributed by atoms with Crippen molar-refractivity contribution in [2.75, 3.05) is 43.9 Å². The maximum Gasteiger partial charge on any atom is 0.193 e. The molecule has 3 aliphatic rings. The maximum atomic E-state index is 12.7. The highest BCUT2D eigenvalue weighted by Crippen LogP contribution is 2.38. The maximum absolute atomic E-state index is 12.7. The molecule has 3 rings (SSSR count). The van der Waals surface area contributed by atoms with E-state index >= 15 is 0 Å². The summed E-state index contributed by atoms with van der Waals surface area (Å²) in [5.41, 5.74) is 0. The van der Waals surface area contributed by atoms with E-state index in [1.54, 1.807) is 0 Å². The Balaban J connectivity index is 0.00000225. The van der Waals surface area contributed by atoms with Crippen molar-refractivity contribution in [2.45, 2.75) is 49.7 Å². The minimum absolute atomic E-state index is 0. The fourth-order valence-corrected chi connectivity index (χ4v) is 7.70. The number of thioether (sulfide) groups is 1. The summed E-state index contributed by atoms with van der Waals surface area (Å²) < 4.78 is 24.9. The molecule has 5 nitrogen and oxygen atoms in total.